The van der Waals surface area contributed by atoms with Gasteiger partial charge in [-0.3, -0.25) is 9.80 Å². The van der Waals surface area contributed by atoms with Crippen LogP contribution in [0.15, 0.2) is 48.5 Å². The van der Waals surface area contributed by atoms with Crippen LogP contribution < -0.4 is 4.74 Å². The summed E-state index contributed by atoms with van der Waals surface area (Å²) in [6, 6.07) is 18.3. The van der Waals surface area contributed by atoms with Gasteiger partial charge < -0.3 is 14.6 Å². The Balaban J connectivity index is 1.27. The second-order valence-electron chi connectivity index (χ2n) is 12.1. The molecular formula is C30H36N2O3. The van der Waals surface area contributed by atoms with Crippen molar-refractivity contribution in [2.45, 2.75) is 74.0 Å². The fraction of sp³-hybridized carbons (Fsp3) is 0.600. The van der Waals surface area contributed by atoms with E-state index in [2.05, 4.69) is 58.3 Å². The van der Waals surface area contributed by atoms with Gasteiger partial charge in [0.1, 0.15) is 5.75 Å². The first-order valence-electron chi connectivity index (χ1n) is 13.7. The van der Waals surface area contributed by atoms with Crippen molar-refractivity contribution < 1.29 is 14.6 Å². The van der Waals surface area contributed by atoms with E-state index >= 15 is 0 Å². The van der Waals surface area contributed by atoms with Gasteiger partial charge in [-0.05, 0) is 66.8 Å². The first-order valence-corrected chi connectivity index (χ1v) is 13.7. The summed E-state index contributed by atoms with van der Waals surface area (Å²) >= 11 is 0. The standard InChI is InChI=1S/C30H36N2O3/c1-34-22-10-9-21-13-26-29-12-11-24-28(25(35-29)17-31(24)15-19-5-3-2-4-6-19)30(29,23(21)14-22)27(33)18-32(26)16-20-7-8-20/h2-6,9-10,14,20,24-28,33H,7-8,11-13,15-18H2,1H3/t24-,25-,26-,27-,28+,29-,30-/m1/s1. The smallest absolute Gasteiger partial charge is 0.119 e. The Hall–Kier alpha value is -1.92. The minimum Gasteiger partial charge on any atom is -0.497 e. The number of rotatable bonds is 5. The van der Waals surface area contributed by atoms with Crippen LogP contribution >= 0.6 is 0 Å². The van der Waals surface area contributed by atoms with Crippen molar-refractivity contribution in [3.05, 3.63) is 65.2 Å². The van der Waals surface area contributed by atoms with Crippen molar-refractivity contribution in [3.8, 4) is 5.75 Å². The number of ether oxygens (including phenoxy) is 2. The molecule has 3 aliphatic carbocycles. The molecule has 3 saturated heterocycles. The molecule has 2 aromatic rings. The largest absolute Gasteiger partial charge is 0.497 e. The first-order chi connectivity index (χ1) is 17.1. The molecule has 184 valence electrons. The van der Waals surface area contributed by atoms with Crippen molar-refractivity contribution in [2.24, 2.45) is 11.8 Å². The highest BCUT2D eigenvalue weighted by atomic mass is 16.5. The summed E-state index contributed by atoms with van der Waals surface area (Å²) in [7, 11) is 1.76. The molecule has 8 rings (SSSR count). The van der Waals surface area contributed by atoms with Crippen molar-refractivity contribution in [1.29, 1.82) is 0 Å². The van der Waals surface area contributed by atoms with Crippen LogP contribution in [0.5, 0.6) is 5.75 Å². The van der Waals surface area contributed by atoms with E-state index in [9.17, 15) is 5.11 Å². The van der Waals surface area contributed by atoms with Gasteiger partial charge in [0.05, 0.1) is 30.3 Å². The van der Waals surface area contributed by atoms with Crippen LogP contribution in [0.1, 0.15) is 42.4 Å². The van der Waals surface area contributed by atoms with E-state index in [4.69, 9.17) is 9.47 Å². The van der Waals surface area contributed by atoms with E-state index in [0.29, 0.717) is 18.0 Å². The second kappa shape index (κ2) is 7.32. The van der Waals surface area contributed by atoms with Gasteiger partial charge in [-0.2, -0.15) is 0 Å². The molecule has 0 spiro atoms. The van der Waals surface area contributed by atoms with Crippen LogP contribution in [0, 0.1) is 11.8 Å². The fourth-order valence-electron chi connectivity index (χ4n) is 9.28. The van der Waals surface area contributed by atoms with Gasteiger partial charge in [-0.25, -0.2) is 0 Å². The van der Waals surface area contributed by atoms with Crippen molar-refractivity contribution >= 4 is 0 Å². The van der Waals surface area contributed by atoms with E-state index in [1.807, 2.05) is 0 Å². The third-order valence-electron chi connectivity index (χ3n) is 10.6. The summed E-state index contributed by atoms with van der Waals surface area (Å²) < 4.78 is 13.1. The van der Waals surface area contributed by atoms with Gasteiger partial charge in [0.2, 0.25) is 0 Å². The summed E-state index contributed by atoms with van der Waals surface area (Å²) in [6.07, 6.45) is 5.67. The third kappa shape index (κ3) is 2.68. The molecule has 2 aromatic carbocycles. The molecule has 0 amide bonds. The number of aliphatic hydroxyl groups excluding tert-OH is 1. The summed E-state index contributed by atoms with van der Waals surface area (Å²) in [5, 5.41) is 12.3. The van der Waals surface area contributed by atoms with Gasteiger partial charge in [0, 0.05) is 44.2 Å². The highest BCUT2D eigenvalue weighted by Crippen LogP contribution is 2.69. The van der Waals surface area contributed by atoms with Crippen LogP contribution in [-0.2, 0) is 23.1 Å². The number of nitrogens with zero attached hydrogens (tertiary/aromatic N) is 2. The maximum Gasteiger partial charge on any atom is 0.119 e. The number of benzene rings is 2. The number of piperidine rings is 1. The lowest BCUT2D eigenvalue weighted by Gasteiger charge is -2.66. The summed E-state index contributed by atoms with van der Waals surface area (Å²) in [5.41, 5.74) is 3.45. The number of fused-ring (bicyclic) bond motifs is 1. The van der Waals surface area contributed by atoms with Gasteiger partial charge >= 0.3 is 0 Å². The molecule has 35 heavy (non-hydrogen) atoms. The molecule has 0 radical (unpaired) electrons. The molecular weight excluding hydrogens is 436 g/mol. The number of hydrogen-bond donors (Lipinski definition) is 1. The quantitative estimate of drug-likeness (QED) is 0.723. The Morgan fingerprint density at radius 2 is 1.91 bits per heavy atom. The SMILES string of the molecule is COc1ccc2c(c1)[C@@]13[C@H]4[C@H]5CC[C@@]1(O[C@@H]4CN5Cc1ccccc1)[C@@H](C2)N(CC1CC1)C[C@H]3O. The average Bonchev–Trinajstić information content (AvgIpc) is 3.58. The number of likely N-dealkylation sites (tertiary alicyclic amines) is 2. The highest BCUT2D eigenvalue weighted by molar-refractivity contribution is 5.53. The molecule has 7 atom stereocenters. The van der Waals surface area contributed by atoms with E-state index in [0.717, 1.165) is 57.1 Å². The molecule has 6 aliphatic rings. The van der Waals surface area contributed by atoms with E-state index in [-0.39, 0.29) is 17.1 Å². The molecule has 2 saturated carbocycles. The molecule has 0 aromatic heterocycles. The third-order valence-corrected chi connectivity index (χ3v) is 10.6. The zero-order valence-electron chi connectivity index (χ0n) is 20.6. The molecule has 1 N–H and O–H groups in total. The Morgan fingerprint density at radius 1 is 1.06 bits per heavy atom. The normalized spacial score (nSPS) is 41.5. The number of β-amino-alcohol motifs (C(OH)–C–C–N with tert-alkyl or cyclic N) is 1. The molecule has 5 fully saturated rings. The zero-order chi connectivity index (χ0) is 23.4. The summed E-state index contributed by atoms with van der Waals surface area (Å²) in [6.45, 7) is 3.82. The Labute approximate surface area is 208 Å². The monoisotopic (exact) mass is 472 g/mol. The van der Waals surface area contributed by atoms with Crippen molar-refractivity contribution in [3.63, 3.8) is 0 Å². The second-order valence-corrected chi connectivity index (χ2v) is 12.1. The van der Waals surface area contributed by atoms with Crippen LogP contribution in [0.2, 0.25) is 0 Å². The molecule has 5 nitrogen and oxygen atoms in total. The van der Waals surface area contributed by atoms with Crippen molar-refractivity contribution in [2.75, 3.05) is 26.7 Å². The lowest BCUT2D eigenvalue weighted by Crippen LogP contribution is -2.79. The number of methoxy groups -OCH3 is 1. The van der Waals surface area contributed by atoms with Crippen LogP contribution in [-0.4, -0.2) is 71.5 Å². The Bertz CT molecular complexity index is 1150. The van der Waals surface area contributed by atoms with Gasteiger partial charge in [-0.1, -0.05) is 36.4 Å². The van der Waals surface area contributed by atoms with Crippen LogP contribution in [0.4, 0.5) is 0 Å². The predicted octanol–water partition coefficient (Wildman–Crippen LogP) is 3.38. The molecule has 5 heteroatoms. The number of aliphatic hydroxyl groups is 1. The minimum absolute atomic E-state index is 0.182. The average molecular weight is 473 g/mol. The summed E-state index contributed by atoms with van der Waals surface area (Å²) in [5.74, 6) is 2.03. The topological polar surface area (TPSA) is 45.2 Å². The lowest BCUT2D eigenvalue weighted by atomic mass is 9.45. The van der Waals surface area contributed by atoms with Crippen LogP contribution in [0.3, 0.4) is 0 Å². The lowest BCUT2D eigenvalue weighted by molar-refractivity contribution is -0.208. The minimum atomic E-state index is -0.418. The Kier molecular flexibility index (Phi) is 4.43. The maximum absolute atomic E-state index is 12.3. The van der Waals surface area contributed by atoms with E-state index in [1.54, 1.807) is 7.11 Å². The molecule has 3 heterocycles. The van der Waals surface area contributed by atoms with E-state index < -0.39 is 6.10 Å². The molecule has 3 aliphatic heterocycles. The fourth-order valence-corrected chi connectivity index (χ4v) is 9.28. The van der Waals surface area contributed by atoms with E-state index in [1.165, 1.54) is 29.5 Å². The highest BCUT2D eigenvalue weighted by Gasteiger charge is 2.80. The van der Waals surface area contributed by atoms with Gasteiger partial charge in [0.25, 0.3) is 0 Å². The maximum atomic E-state index is 12.3. The number of hydrogen-bond acceptors (Lipinski definition) is 5. The van der Waals surface area contributed by atoms with Crippen LogP contribution in [0.25, 0.3) is 0 Å². The zero-order valence-corrected chi connectivity index (χ0v) is 20.6. The van der Waals surface area contributed by atoms with Gasteiger partial charge in [-0.15, -0.1) is 0 Å². The Morgan fingerprint density at radius 3 is 2.71 bits per heavy atom. The first kappa shape index (κ1) is 21.2. The predicted molar refractivity (Wildman–Crippen MR) is 133 cm³/mol. The van der Waals surface area contributed by atoms with Crippen molar-refractivity contribution in [1.82, 2.24) is 9.80 Å². The summed E-state index contributed by atoms with van der Waals surface area (Å²) in [4.78, 5) is 5.30. The molecule has 0 unspecified atom stereocenters. The van der Waals surface area contributed by atoms with Gasteiger partial charge in [0.15, 0.2) is 0 Å². The molecule has 4 bridgehead atoms.